The molecule has 29 heavy (non-hydrogen) atoms. The fraction of sp³-hybridized carbons (Fsp3) is 0.429. The molecule has 0 atom stereocenters. The minimum Gasteiger partial charge on any atom is -0.363 e. The lowest BCUT2D eigenvalue weighted by Crippen LogP contribution is -2.48. The van der Waals surface area contributed by atoms with Crippen molar-refractivity contribution in [3.63, 3.8) is 0 Å². The monoisotopic (exact) mass is 527 g/mol. The number of halogens is 1. The van der Waals surface area contributed by atoms with E-state index in [0.717, 1.165) is 37.5 Å². The van der Waals surface area contributed by atoms with Crippen LogP contribution < -0.4 is 20.9 Å². The number of carbonyl (C=O) groups excluding carboxylic acids is 1. The Morgan fingerprint density at radius 2 is 2.00 bits per heavy atom. The summed E-state index contributed by atoms with van der Waals surface area (Å²) in [5.41, 5.74) is 1.74. The Balaban J connectivity index is 0.00000300. The number of hydrogen-bond acceptors (Lipinski definition) is 4. The molecule has 0 aliphatic carbocycles. The summed E-state index contributed by atoms with van der Waals surface area (Å²) in [5.74, 6) is 0.766. The number of aliphatic imine (C=N–C) groups is 1. The quantitative estimate of drug-likeness (QED) is 0.306. The molecule has 3 N–H and O–H groups in total. The zero-order valence-electron chi connectivity index (χ0n) is 17.0. The van der Waals surface area contributed by atoms with E-state index in [-0.39, 0.29) is 29.9 Å². The summed E-state index contributed by atoms with van der Waals surface area (Å²) in [6.45, 7) is 5.29. The molecule has 3 rings (SSSR count). The van der Waals surface area contributed by atoms with Gasteiger partial charge in [-0.05, 0) is 55.0 Å². The highest BCUT2D eigenvalue weighted by atomic mass is 127. The first-order valence-corrected chi connectivity index (χ1v) is 10.7. The molecule has 1 aliphatic rings. The second-order valence-electron chi connectivity index (χ2n) is 6.84. The Bertz CT molecular complexity index is 788. The molecule has 1 fully saturated rings. The van der Waals surface area contributed by atoms with Crippen molar-refractivity contribution in [2.75, 3.05) is 31.6 Å². The minimum atomic E-state index is -0.0376. The van der Waals surface area contributed by atoms with Crippen LogP contribution in [0.3, 0.4) is 0 Å². The standard InChI is InChI=1S/C21H29N5OS.HI/c1-3-23-20(27)17-7-4-6-16(14-17)15-24-21(22-2)25-18-9-11-26(12-10-18)19-8-5-13-28-19;/h4-8,13-14,18H,3,9-12,15H2,1-2H3,(H,23,27)(H2,22,24,25);1H. The van der Waals surface area contributed by atoms with Crippen LogP contribution in [0.25, 0.3) is 0 Å². The summed E-state index contributed by atoms with van der Waals surface area (Å²) in [6, 6.07) is 12.4. The molecule has 6 nitrogen and oxygen atoms in total. The molecule has 0 radical (unpaired) electrons. The highest BCUT2D eigenvalue weighted by Gasteiger charge is 2.20. The van der Waals surface area contributed by atoms with Crippen LogP contribution in [-0.4, -0.2) is 44.6 Å². The van der Waals surface area contributed by atoms with Gasteiger partial charge in [-0.25, -0.2) is 0 Å². The van der Waals surface area contributed by atoms with Crippen LogP contribution >= 0.6 is 35.3 Å². The average molecular weight is 527 g/mol. The lowest BCUT2D eigenvalue weighted by Gasteiger charge is -2.33. The maximum absolute atomic E-state index is 12.0. The van der Waals surface area contributed by atoms with Crippen LogP contribution in [0.15, 0.2) is 46.8 Å². The van der Waals surface area contributed by atoms with Crippen molar-refractivity contribution in [1.29, 1.82) is 0 Å². The Hall–Kier alpha value is -1.81. The first kappa shape index (κ1) is 23.5. The van der Waals surface area contributed by atoms with Gasteiger partial charge in [0.25, 0.3) is 5.91 Å². The van der Waals surface area contributed by atoms with Gasteiger partial charge in [0.1, 0.15) is 0 Å². The van der Waals surface area contributed by atoms with Gasteiger partial charge in [0.05, 0.1) is 5.00 Å². The van der Waals surface area contributed by atoms with Crippen LogP contribution in [0.5, 0.6) is 0 Å². The zero-order valence-corrected chi connectivity index (χ0v) is 20.1. The number of guanidine groups is 1. The maximum atomic E-state index is 12.0. The molecule has 2 heterocycles. The molecule has 8 heteroatoms. The van der Waals surface area contributed by atoms with Crippen LogP contribution in [0.1, 0.15) is 35.7 Å². The van der Waals surface area contributed by atoms with E-state index in [1.165, 1.54) is 5.00 Å². The highest BCUT2D eigenvalue weighted by molar-refractivity contribution is 14.0. The van der Waals surface area contributed by atoms with Gasteiger partial charge >= 0.3 is 0 Å². The van der Waals surface area contributed by atoms with Crippen molar-refractivity contribution < 1.29 is 4.79 Å². The highest BCUT2D eigenvalue weighted by Crippen LogP contribution is 2.24. The van der Waals surface area contributed by atoms with Gasteiger partial charge in [-0.1, -0.05) is 12.1 Å². The number of rotatable bonds is 6. The Kier molecular flexibility index (Phi) is 9.72. The second-order valence-corrected chi connectivity index (χ2v) is 7.77. The smallest absolute Gasteiger partial charge is 0.251 e. The van der Waals surface area contributed by atoms with E-state index in [9.17, 15) is 4.79 Å². The van der Waals surface area contributed by atoms with Crippen molar-refractivity contribution in [1.82, 2.24) is 16.0 Å². The molecule has 0 bridgehead atoms. The third kappa shape index (κ3) is 6.88. The second kappa shape index (κ2) is 12.0. The summed E-state index contributed by atoms with van der Waals surface area (Å²) in [5, 5.41) is 13.2. The fourth-order valence-electron chi connectivity index (χ4n) is 3.35. The molecular weight excluding hydrogens is 497 g/mol. The topological polar surface area (TPSA) is 68.8 Å². The molecule has 0 unspecified atom stereocenters. The summed E-state index contributed by atoms with van der Waals surface area (Å²) < 4.78 is 0. The number of nitrogens with one attached hydrogen (secondary N) is 3. The van der Waals surface area contributed by atoms with E-state index in [1.807, 2.05) is 31.2 Å². The number of piperidine rings is 1. The van der Waals surface area contributed by atoms with E-state index >= 15 is 0 Å². The third-order valence-electron chi connectivity index (χ3n) is 4.86. The first-order valence-electron chi connectivity index (χ1n) is 9.82. The number of anilines is 1. The number of amides is 1. The number of carbonyl (C=O) groups is 1. The predicted octanol–water partition coefficient (Wildman–Crippen LogP) is 3.45. The molecule has 1 aromatic heterocycles. The molecular formula is C21H30IN5OS. The van der Waals surface area contributed by atoms with E-state index in [4.69, 9.17) is 0 Å². The van der Waals surface area contributed by atoms with E-state index in [2.05, 4.69) is 43.4 Å². The van der Waals surface area contributed by atoms with Crippen LogP contribution in [0.2, 0.25) is 0 Å². The van der Waals surface area contributed by atoms with Crippen LogP contribution in [-0.2, 0) is 6.54 Å². The van der Waals surface area contributed by atoms with Gasteiger partial charge in [-0.15, -0.1) is 35.3 Å². The number of benzene rings is 1. The molecule has 1 saturated heterocycles. The minimum absolute atomic E-state index is 0. The summed E-state index contributed by atoms with van der Waals surface area (Å²) in [4.78, 5) is 18.8. The van der Waals surface area contributed by atoms with Crippen LogP contribution in [0.4, 0.5) is 5.00 Å². The largest absolute Gasteiger partial charge is 0.363 e. The van der Waals surface area contributed by atoms with Gasteiger partial charge in [0.15, 0.2) is 5.96 Å². The third-order valence-corrected chi connectivity index (χ3v) is 5.79. The summed E-state index contributed by atoms with van der Waals surface area (Å²) in [6.07, 6.45) is 2.18. The van der Waals surface area contributed by atoms with Crippen LogP contribution in [0, 0.1) is 0 Å². The van der Waals surface area contributed by atoms with Crippen molar-refractivity contribution in [2.45, 2.75) is 32.4 Å². The normalized spacial score (nSPS) is 14.8. The van der Waals surface area contributed by atoms with Crippen molar-refractivity contribution in [3.05, 3.63) is 52.9 Å². The maximum Gasteiger partial charge on any atom is 0.251 e. The first-order chi connectivity index (χ1) is 13.7. The number of hydrogen-bond donors (Lipinski definition) is 3. The molecule has 0 spiro atoms. The molecule has 1 amide bonds. The zero-order chi connectivity index (χ0) is 19.8. The number of thiophene rings is 1. The van der Waals surface area contributed by atoms with Gasteiger partial charge in [-0.2, -0.15) is 0 Å². The number of nitrogens with zero attached hydrogens (tertiary/aromatic N) is 2. The molecule has 2 aromatic rings. The van der Waals surface area contributed by atoms with Gasteiger partial charge in [-0.3, -0.25) is 9.79 Å². The van der Waals surface area contributed by atoms with Crippen molar-refractivity contribution in [3.8, 4) is 0 Å². The Morgan fingerprint density at radius 1 is 1.21 bits per heavy atom. The summed E-state index contributed by atoms with van der Waals surface area (Å²) >= 11 is 1.80. The molecule has 0 saturated carbocycles. The van der Waals surface area contributed by atoms with Gasteiger partial charge in [0.2, 0.25) is 0 Å². The lowest BCUT2D eigenvalue weighted by molar-refractivity contribution is 0.0955. The SMILES string of the molecule is CCNC(=O)c1cccc(CNC(=NC)NC2CCN(c3cccs3)CC2)c1.I. The van der Waals surface area contributed by atoms with Crippen molar-refractivity contribution >= 4 is 52.2 Å². The molecule has 1 aliphatic heterocycles. The summed E-state index contributed by atoms with van der Waals surface area (Å²) in [7, 11) is 1.79. The average Bonchev–Trinajstić information content (AvgIpc) is 3.27. The van der Waals surface area contributed by atoms with Gasteiger partial charge < -0.3 is 20.9 Å². The lowest BCUT2D eigenvalue weighted by atomic mass is 10.1. The van der Waals surface area contributed by atoms with E-state index < -0.39 is 0 Å². The Morgan fingerprint density at radius 3 is 2.66 bits per heavy atom. The molecule has 1 aromatic carbocycles. The van der Waals surface area contributed by atoms with Gasteiger partial charge in [0, 0.05) is 44.8 Å². The van der Waals surface area contributed by atoms with E-state index in [0.29, 0.717) is 24.7 Å². The molecule has 158 valence electrons. The predicted molar refractivity (Wildman–Crippen MR) is 133 cm³/mol. The fourth-order valence-corrected chi connectivity index (χ4v) is 4.14. The Labute approximate surface area is 194 Å². The van der Waals surface area contributed by atoms with Crippen molar-refractivity contribution in [2.24, 2.45) is 4.99 Å². The van der Waals surface area contributed by atoms with E-state index in [1.54, 1.807) is 18.4 Å².